The molecular weight excluding hydrogens is 296 g/mol. The van der Waals surface area contributed by atoms with Gasteiger partial charge in [0.1, 0.15) is 5.76 Å². The Hall–Kier alpha value is -1.36. The van der Waals surface area contributed by atoms with Gasteiger partial charge in [0.05, 0.1) is 18.2 Å². The Labute approximate surface area is 136 Å². The first kappa shape index (κ1) is 14.2. The van der Waals surface area contributed by atoms with Gasteiger partial charge in [-0.15, -0.1) is 0 Å². The van der Waals surface area contributed by atoms with Crippen molar-refractivity contribution in [3.63, 3.8) is 0 Å². The molecule has 2 N–H and O–H groups in total. The minimum Gasteiger partial charge on any atom is -0.467 e. The summed E-state index contributed by atoms with van der Waals surface area (Å²) in [4.78, 5) is 12.8. The van der Waals surface area contributed by atoms with E-state index in [0.29, 0.717) is 11.7 Å². The van der Waals surface area contributed by atoms with Crippen LogP contribution in [0.25, 0.3) is 0 Å². The minimum atomic E-state index is -0.148. The van der Waals surface area contributed by atoms with E-state index in [1.54, 1.807) is 6.26 Å². The average molecular weight is 318 g/mol. The summed E-state index contributed by atoms with van der Waals surface area (Å²) in [6.07, 6.45) is 8.84. The third-order valence-electron chi connectivity index (χ3n) is 5.75. The van der Waals surface area contributed by atoms with Crippen LogP contribution in [0.5, 0.6) is 0 Å². The van der Waals surface area contributed by atoms with Crippen LogP contribution in [0.2, 0.25) is 0 Å². The molecule has 0 unspecified atom stereocenters. The Balaban J connectivity index is 1.36. The molecule has 1 heterocycles. The molecule has 4 saturated carbocycles. The predicted molar refractivity (Wildman–Crippen MR) is 86.9 cm³/mol. The quantitative estimate of drug-likeness (QED) is 0.841. The van der Waals surface area contributed by atoms with E-state index in [1.807, 2.05) is 12.1 Å². The summed E-state index contributed by atoms with van der Waals surface area (Å²) in [5.41, 5.74) is -0.148. The van der Waals surface area contributed by atoms with Crippen LogP contribution < -0.4 is 10.6 Å². The second-order valence-corrected chi connectivity index (χ2v) is 7.82. The topological polar surface area (TPSA) is 54.3 Å². The van der Waals surface area contributed by atoms with Gasteiger partial charge in [0.15, 0.2) is 5.11 Å². The number of thiocarbonyl (C=S) groups is 1. The van der Waals surface area contributed by atoms with Crippen LogP contribution in [0.3, 0.4) is 0 Å². The Morgan fingerprint density at radius 3 is 2.41 bits per heavy atom. The molecule has 4 aliphatic carbocycles. The normalized spacial score (nSPS) is 35.4. The monoisotopic (exact) mass is 318 g/mol. The van der Waals surface area contributed by atoms with Crippen molar-refractivity contribution in [3.8, 4) is 0 Å². The maximum atomic E-state index is 12.8. The second-order valence-electron chi connectivity index (χ2n) is 7.41. The molecule has 1 amide bonds. The smallest absolute Gasteiger partial charge is 0.232 e. The van der Waals surface area contributed by atoms with Crippen molar-refractivity contribution in [1.29, 1.82) is 0 Å². The van der Waals surface area contributed by atoms with Crippen LogP contribution in [0.1, 0.15) is 44.3 Å². The van der Waals surface area contributed by atoms with Crippen molar-refractivity contribution in [2.75, 3.05) is 0 Å². The summed E-state index contributed by atoms with van der Waals surface area (Å²) >= 11 is 5.27. The molecule has 4 fully saturated rings. The van der Waals surface area contributed by atoms with Crippen LogP contribution in [-0.2, 0) is 11.3 Å². The van der Waals surface area contributed by atoms with E-state index in [1.165, 1.54) is 19.3 Å². The van der Waals surface area contributed by atoms with Gasteiger partial charge in [-0.2, -0.15) is 0 Å². The molecule has 1 aromatic rings. The van der Waals surface area contributed by atoms with E-state index in [4.69, 9.17) is 16.6 Å². The standard InChI is InChI=1S/C17H22N2O2S/c20-15(19-16(22)18-10-14-2-1-3-21-14)17-7-11-4-12(8-17)6-13(5-11)9-17/h1-3,11-13H,4-10H2,(H2,18,19,20,22). The first-order valence-corrected chi connectivity index (χ1v) is 8.65. The van der Waals surface area contributed by atoms with Crippen molar-refractivity contribution < 1.29 is 9.21 Å². The Morgan fingerprint density at radius 1 is 1.23 bits per heavy atom. The van der Waals surface area contributed by atoms with Crippen LogP contribution in [-0.4, -0.2) is 11.0 Å². The van der Waals surface area contributed by atoms with Gasteiger partial charge in [-0.1, -0.05) is 0 Å². The van der Waals surface area contributed by atoms with E-state index in [2.05, 4.69) is 10.6 Å². The molecule has 0 saturated heterocycles. The second kappa shape index (κ2) is 5.37. The maximum absolute atomic E-state index is 12.8. The lowest BCUT2D eigenvalue weighted by molar-refractivity contribution is -0.144. The largest absolute Gasteiger partial charge is 0.467 e. The SMILES string of the molecule is O=C(NC(=S)NCc1ccco1)C12CC3CC(CC(C3)C1)C2. The Bertz CT molecular complexity index is 546. The van der Waals surface area contributed by atoms with Crippen LogP contribution in [0, 0.1) is 23.2 Å². The zero-order chi connectivity index (χ0) is 15.2. The van der Waals surface area contributed by atoms with Gasteiger partial charge in [-0.25, -0.2) is 0 Å². The van der Waals surface area contributed by atoms with Gasteiger partial charge in [0.25, 0.3) is 0 Å². The van der Waals surface area contributed by atoms with E-state index >= 15 is 0 Å². The lowest BCUT2D eigenvalue weighted by atomic mass is 9.49. The number of furan rings is 1. The summed E-state index contributed by atoms with van der Waals surface area (Å²) in [6.45, 7) is 0.507. The number of amides is 1. The summed E-state index contributed by atoms with van der Waals surface area (Å²) in [7, 11) is 0. The van der Waals surface area contributed by atoms with Crippen LogP contribution >= 0.6 is 12.2 Å². The van der Waals surface area contributed by atoms with Crippen molar-refractivity contribution in [2.24, 2.45) is 23.2 Å². The lowest BCUT2D eigenvalue weighted by Crippen LogP contribution is -2.55. The van der Waals surface area contributed by atoms with Crippen molar-refractivity contribution in [2.45, 2.75) is 45.1 Å². The highest BCUT2D eigenvalue weighted by atomic mass is 32.1. The highest BCUT2D eigenvalue weighted by Gasteiger charge is 2.54. The minimum absolute atomic E-state index is 0.142. The molecular formula is C17H22N2O2S. The van der Waals surface area contributed by atoms with Crippen molar-refractivity contribution >= 4 is 23.2 Å². The third kappa shape index (κ3) is 2.56. The molecule has 4 aliphatic rings. The number of carbonyl (C=O) groups excluding carboxylic acids is 1. The van der Waals surface area contributed by atoms with Gasteiger partial charge >= 0.3 is 0 Å². The predicted octanol–water partition coefficient (Wildman–Crippen LogP) is 2.99. The fourth-order valence-corrected chi connectivity index (χ4v) is 5.41. The number of rotatable bonds is 3. The van der Waals surface area contributed by atoms with E-state index in [0.717, 1.165) is 42.8 Å². The van der Waals surface area contributed by atoms with Crippen LogP contribution in [0.15, 0.2) is 22.8 Å². The first-order chi connectivity index (χ1) is 10.6. The number of hydrogen-bond acceptors (Lipinski definition) is 3. The number of hydrogen-bond donors (Lipinski definition) is 2. The van der Waals surface area contributed by atoms with Gasteiger partial charge < -0.3 is 15.1 Å². The van der Waals surface area contributed by atoms with Gasteiger partial charge in [-0.05, 0) is 80.6 Å². The van der Waals surface area contributed by atoms with E-state index in [9.17, 15) is 4.79 Å². The first-order valence-electron chi connectivity index (χ1n) is 8.25. The Morgan fingerprint density at radius 2 is 1.86 bits per heavy atom. The average Bonchev–Trinajstić information content (AvgIpc) is 2.97. The number of carbonyl (C=O) groups is 1. The zero-order valence-corrected chi connectivity index (χ0v) is 13.5. The molecule has 22 heavy (non-hydrogen) atoms. The van der Waals surface area contributed by atoms with Gasteiger partial charge in [-0.3, -0.25) is 4.79 Å². The van der Waals surface area contributed by atoms with Gasteiger partial charge in [0, 0.05) is 0 Å². The molecule has 118 valence electrons. The highest BCUT2D eigenvalue weighted by molar-refractivity contribution is 7.80. The van der Waals surface area contributed by atoms with Crippen molar-refractivity contribution in [3.05, 3.63) is 24.2 Å². The summed E-state index contributed by atoms with van der Waals surface area (Å²) in [6, 6.07) is 3.73. The fourth-order valence-electron chi connectivity index (χ4n) is 5.25. The third-order valence-corrected chi connectivity index (χ3v) is 6.00. The summed E-state index contributed by atoms with van der Waals surface area (Å²) in [5, 5.41) is 6.41. The fraction of sp³-hybridized carbons (Fsp3) is 0.647. The van der Waals surface area contributed by atoms with E-state index in [-0.39, 0.29) is 11.3 Å². The van der Waals surface area contributed by atoms with E-state index < -0.39 is 0 Å². The number of nitrogens with one attached hydrogen (secondary N) is 2. The summed E-state index contributed by atoms with van der Waals surface area (Å²) < 4.78 is 5.25. The zero-order valence-electron chi connectivity index (χ0n) is 12.6. The molecule has 0 spiro atoms. The van der Waals surface area contributed by atoms with Crippen LogP contribution in [0.4, 0.5) is 0 Å². The lowest BCUT2D eigenvalue weighted by Gasteiger charge is -2.55. The molecule has 1 aromatic heterocycles. The molecule has 5 rings (SSSR count). The molecule has 0 aromatic carbocycles. The summed E-state index contributed by atoms with van der Waals surface area (Å²) in [5.74, 6) is 3.25. The molecule has 5 heteroatoms. The Kier molecular flexibility index (Phi) is 3.48. The molecule has 0 aliphatic heterocycles. The molecule has 4 bridgehead atoms. The maximum Gasteiger partial charge on any atom is 0.232 e. The molecule has 0 atom stereocenters. The van der Waals surface area contributed by atoms with Gasteiger partial charge in [0.2, 0.25) is 5.91 Å². The van der Waals surface area contributed by atoms with Crippen molar-refractivity contribution in [1.82, 2.24) is 10.6 Å². The highest BCUT2D eigenvalue weighted by Crippen LogP contribution is 2.60. The molecule has 0 radical (unpaired) electrons. The molecule has 4 nitrogen and oxygen atoms in total.